The van der Waals surface area contributed by atoms with E-state index in [9.17, 15) is 14.4 Å². The number of carbonyl (C=O) groups excluding carboxylic acids is 3. The summed E-state index contributed by atoms with van der Waals surface area (Å²) in [7, 11) is 0. The fourth-order valence-corrected chi connectivity index (χ4v) is 4.92. The zero-order valence-electron chi connectivity index (χ0n) is 16.8. The molecule has 2 N–H and O–H groups in total. The molecule has 3 aromatic rings. The fraction of sp³-hybridized carbons (Fsp3) is 0.217. The number of amides is 4. The number of rotatable bonds is 4. The van der Waals surface area contributed by atoms with E-state index in [-0.39, 0.29) is 12.5 Å². The zero-order valence-corrected chi connectivity index (χ0v) is 17.7. The second-order valence-corrected chi connectivity index (χ2v) is 8.82. The van der Waals surface area contributed by atoms with Gasteiger partial charge in [-0.2, -0.15) is 0 Å². The third kappa shape index (κ3) is 3.29. The molecule has 1 unspecified atom stereocenters. The Morgan fingerprint density at radius 1 is 1.19 bits per heavy atom. The molecule has 2 heterocycles. The average molecular weight is 433 g/mol. The Morgan fingerprint density at radius 2 is 1.97 bits per heavy atom. The van der Waals surface area contributed by atoms with Crippen LogP contribution in [0.3, 0.4) is 0 Å². The van der Waals surface area contributed by atoms with Gasteiger partial charge in [0.1, 0.15) is 12.1 Å². The highest BCUT2D eigenvalue weighted by Gasteiger charge is 2.55. The highest BCUT2D eigenvalue weighted by molar-refractivity contribution is 7.09. The highest BCUT2D eigenvalue weighted by Crippen LogP contribution is 2.41. The molecule has 0 bridgehead atoms. The summed E-state index contributed by atoms with van der Waals surface area (Å²) in [6.45, 7) is 1.62. The van der Waals surface area contributed by atoms with Gasteiger partial charge in [-0.3, -0.25) is 14.5 Å². The maximum atomic E-state index is 13.2. The number of hydrogen-bond donors (Lipinski definition) is 2. The van der Waals surface area contributed by atoms with E-state index in [1.165, 1.54) is 0 Å². The summed E-state index contributed by atoms with van der Waals surface area (Å²) in [4.78, 5) is 43.7. The van der Waals surface area contributed by atoms with Crippen molar-refractivity contribution < 1.29 is 14.4 Å². The summed E-state index contributed by atoms with van der Waals surface area (Å²) in [6.07, 6.45) is 1.22. The van der Waals surface area contributed by atoms with E-state index in [1.807, 2.05) is 48.7 Å². The number of thiazole rings is 1. The van der Waals surface area contributed by atoms with E-state index in [0.29, 0.717) is 18.5 Å². The number of nitrogens with zero attached hydrogens (tertiary/aromatic N) is 2. The van der Waals surface area contributed by atoms with Crippen molar-refractivity contribution in [3.63, 3.8) is 0 Å². The van der Waals surface area contributed by atoms with Gasteiger partial charge in [-0.15, -0.1) is 11.3 Å². The maximum Gasteiger partial charge on any atom is 0.325 e. The molecule has 1 atom stereocenters. The number of anilines is 1. The molecular formula is C23H20N4O3S. The van der Waals surface area contributed by atoms with Crippen LogP contribution in [-0.2, 0) is 21.5 Å². The van der Waals surface area contributed by atoms with Gasteiger partial charge in [0.15, 0.2) is 0 Å². The van der Waals surface area contributed by atoms with Gasteiger partial charge in [-0.1, -0.05) is 36.4 Å². The first-order valence-corrected chi connectivity index (χ1v) is 10.9. The number of aromatic nitrogens is 1. The van der Waals surface area contributed by atoms with Gasteiger partial charge in [-0.25, -0.2) is 9.78 Å². The number of urea groups is 1. The first kappa shape index (κ1) is 19.4. The predicted octanol–water partition coefficient (Wildman–Crippen LogP) is 3.45. The maximum absolute atomic E-state index is 13.2. The largest absolute Gasteiger partial charge is 0.325 e. The number of hydrogen-bond acceptors (Lipinski definition) is 5. The van der Waals surface area contributed by atoms with Crippen LogP contribution in [0, 0.1) is 6.92 Å². The topological polar surface area (TPSA) is 91.4 Å². The van der Waals surface area contributed by atoms with Gasteiger partial charge in [0.05, 0.1) is 10.7 Å². The minimum Gasteiger partial charge on any atom is -0.325 e. The van der Waals surface area contributed by atoms with E-state index >= 15 is 0 Å². The lowest BCUT2D eigenvalue weighted by Crippen LogP contribution is -2.42. The summed E-state index contributed by atoms with van der Waals surface area (Å²) in [6, 6.07) is 14.4. The standard InChI is InChI=1S/C23H20N4O3S/c1-14-24-19(13-31-14)16-6-8-17(9-7-16)25-20(28)12-27-21(29)23(26-22(27)30)11-10-15-4-2-3-5-18(15)23/h2-9,13H,10-12H2,1H3,(H,25,28)(H,26,30). The van der Waals surface area contributed by atoms with Crippen LogP contribution in [0.15, 0.2) is 53.9 Å². The molecule has 1 aliphatic carbocycles. The molecule has 1 fully saturated rings. The number of carbonyl (C=O) groups is 3. The zero-order chi connectivity index (χ0) is 21.6. The number of nitrogens with one attached hydrogen (secondary N) is 2. The Balaban J connectivity index is 1.28. The molecule has 5 rings (SSSR count). The highest BCUT2D eigenvalue weighted by atomic mass is 32.1. The van der Waals surface area contributed by atoms with Crippen LogP contribution in [0.4, 0.5) is 10.5 Å². The first-order valence-electron chi connectivity index (χ1n) is 10.0. The monoisotopic (exact) mass is 432 g/mol. The van der Waals surface area contributed by atoms with Gasteiger partial charge in [-0.05, 0) is 43.0 Å². The molecule has 31 heavy (non-hydrogen) atoms. The molecule has 156 valence electrons. The van der Waals surface area contributed by atoms with E-state index in [2.05, 4.69) is 15.6 Å². The molecule has 8 heteroatoms. The van der Waals surface area contributed by atoms with Crippen LogP contribution in [0.1, 0.15) is 22.6 Å². The molecule has 1 saturated heterocycles. The van der Waals surface area contributed by atoms with Crippen molar-refractivity contribution in [1.29, 1.82) is 0 Å². The van der Waals surface area contributed by atoms with Crippen molar-refractivity contribution in [3.05, 3.63) is 70.0 Å². The van der Waals surface area contributed by atoms with E-state index in [1.54, 1.807) is 23.5 Å². The number of aryl methyl sites for hydroxylation is 2. The van der Waals surface area contributed by atoms with Crippen molar-refractivity contribution in [3.8, 4) is 11.3 Å². The summed E-state index contributed by atoms with van der Waals surface area (Å²) >= 11 is 1.58. The minimum atomic E-state index is -1.05. The van der Waals surface area contributed by atoms with Gasteiger partial charge in [0.2, 0.25) is 5.91 Å². The van der Waals surface area contributed by atoms with Crippen LogP contribution in [0.25, 0.3) is 11.3 Å². The number of benzene rings is 2. The lowest BCUT2D eigenvalue weighted by Gasteiger charge is -2.22. The summed E-state index contributed by atoms with van der Waals surface area (Å²) in [5.74, 6) is -0.795. The second kappa shape index (κ2) is 7.31. The molecule has 2 aliphatic rings. The Bertz CT molecular complexity index is 1200. The quantitative estimate of drug-likeness (QED) is 0.618. The SMILES string of the molecule is Cc1nc(-c2ccc(NC(=O)CN3C(=O)NC4(CCc5ccccc54)C3=O)cc2)cs1. The second-order valence-electron chi connectivity index (χ2n) is 7.76. The van der Waals surface area contributed by atoms with Crippen molar-refractivity contribution in [1.82, 2.24) is 15.2 Å². The average Bonchev–Trinajstić information content (AvgIpc) is 3.42. The number of fused-ring (bicyclic) bond motifs is 2. The molecule has 1 aliphatic heterocycles. The number of imide groups is 1. The van der Waals surface area contributed by atoms with Crippen LogP contribution < -0.4 is 10.6 Å². The first-order chi connectivity index (χ1) is 15.0. The Morgan fingerprint density at radius 3 is 2.71 bits per heavy atom. The Labute approximate surface area is 183 Å². The van der Waals surface area contributed by atoms with Crippen LogP contribution in [-0.4, -0.2) is 34.3 Å². The van der Waals surface area contributed by atoms with Crippen LogP contribution in [0.5, 0.6) is 0 Å². The summed E-state index contributed by atoms with van der Waals surface area (Å²) < 4.78 is 0. The third-order valence-electron chi connectivity index (χ3n) is 5.81. The summed E-state index contributed by atoms with van der Waals surface area (Å²) in [5.41, 5.74) is 3.26. The molecular weight excluding hydrogens is 412 g/mol. The van der Waals surface area contributed by atoms with E-state index < -0.39 is 17.5 Å². The van der Waals surface area contributed by atoms with Crippen molar-refractivity contribution in [2.45, 2.75) is 25.3 Å². The lowest BCUT2D eigenvalue weighted by atomic mass is 9.92. The van der Waals surface area contributed by atoms with E-state index in [0.717, 1.165) is 32.3 Å². The smallest absolute Gasteiger partial charge is 0.325 e. The predicted molar refractivity (Wildman–Crippen MR) is 118 cm³/mol. The lowest BCUT2D eigenvalue weighted by molar-refractivity contribution is -0.134. The normalized spacial score (nSPS) is 19.6. The van der Waals surface area contributed by atoms with E-state index in [4.69, 9.17) is 0 Å². The molecule has 0 radical (unpaired) electrons. The molecule has 2 aromatic carbocycles. The Hall–Kier alpha value is -3.52. The van der Waals surface area contributed by atoms with Gasteiger partial charge >= 0.3 is 6.03 Å². The van der Waals surface area contributed by atoms with Crippen molar-refractivity contribution in [2.75, 3.05) is 11.9 Å². The molecule has 1 aromatic heterocycles. The van der Waals surface area contributed by atoms with Gasteiger partial charge in [0.25, 0.3) is 5.91 Å². The molecule has 4 amide bonds. The van der Waals surface area contributed by atoms with Crippen LogP contribution in [0.2, 0.25) is 0 Å². The van der Waals surface area contributed by atoms with Gasteiger partial charge < -0.3 is 10.6 Å². The molecule has 1 spiro atoms. The third-order valence-corrected chi connectivity index (χ3v) is 6.58. The summed E-state index contributed by atoms with van der Waals surface area (Å²) in [5, 5.41) is 8.57. The van der Waals surface area contributed by atoms with Crippen molar-refractivity contribution >= 4 is 34.9 Å². The van der Waals surface area contributed by atoms with Crippen LogP contribution >= 0.6 is 11.3 Å². The molecule has 7 nitrogen and oxygen atoms in total. The van der Waals surface area contributed by atoms with Crippen molar-refractivity contribution in [2.24, 2.45) is 0 Å². The molecule has 0 saturated carbocycles. The minimum absolute atomic E-state index is 0.332. The fourth-order valence-electron chi connectivity index (χ4n) is 4.30. The van der Waals surface area contributed by atoms with Gasteiger partial charge in [0, 0.05) is 16.6 Å². The Kier molecular flexibility index (Phi) is 4.59.